The molecule has 0 fully saturated rings. The fraction of sp³-hybridized carbons (Fsp3) is 0.0667. The summed E-state index contributed by atoms with van der Waals surface area (Å²) in [7, 11) is 1.95. The molecule has 0 aliphatic carbocycles. The molecular formula is C15H13ClN4. The van der Waals surface area contributed by atoms with E-state index in [-0.39, 0.29) is 0 Å². The van der Waals surface area contributed by atoms with Crippen LogP contribution in [0.5, 0.6) is 0 Å². The van der Waals surface area contributed by atoms with Crippen LogP contribution in [0.3, 0.4) is 0 Å². The summed E-state index contributed by atoms with van der Waals surface area (Å²) in [6.45, 7) is 0. The number of rotatable bonds is 3. The van der Waals surface area contributed by atoms with Crippen LogP contribution in [-0.2, 0) is 7.05 Å². The summed E-state index contributed by atoms with van der Waals surface area (Å²) in [6.07, 6.45) is 1.68. The Morgan fingerprint density at radius 3 is 2.70 bits per heavy atom. The molecule has 0 aliphatic heterocycles. The molecular weight excluding hydrogens is 272 g/mol. The maximum absolute atomic E-state index is 6.06. The van der Waals surface area contributed by atoms with Gasteiger partial charge in [0.15, 0.2) is 0 Å². The number of benzene rings is 2. The first kappa shape index (κ1) is 12.7. The molecule has 0 saturated heterocycles. The highest BCUT2D eigenvalue weighted by molar-refractivity contribution is 6.33. The first-order valence-electron chi connectivity index (χ1n) is 6.21. The average molecular weight is 285 g/mol. The zero-order valence-corrected chi connectivity index (χ0v) is 11.7. The van der Waals surface area contributed by atoms with Gasteiger partial charge in [-0.1, -0.05) is 41.9 Å². The van der Waals surface area contributed by atoms with Crippen LogP contribution in [0.2, 0.25) is 5.02 Å². The molecule has 100 valence electrons. The van der Waals surface area contributed by atoms with Gasteiger partial charge in [-0.05, 0) is 18.2 Å². The topological polar surface area (TPSA) is 42.2 Å². The summed E-state index contributed by atoms with van der Waals surface area (Å²) in [5.41, 5.74) is 5.80. The van der Waals surface area contributed by atoms with Gasteiger partial charge in [0.25, 0.3) is 0 Å². The second kappa shape index (κ2) is 5.35. The van der Waals surface area contributed by atoms with Crippen LogP contribution in [0.4, 0.5) is 5.95 Å². The van der Waals surface area contributed by atoms with Gasteiger partial charge in [-0.2, -0.15) is 5.10 Å². The van der Waals surface area contributed by atoms with E-state index in [1.165, 1.54) is 0 Å². The van der Waals surface area contributed by atoms with Crippen molar-refractivity contribution in [1.82, 2.24) is 9.55 Å². The van der Waals surface area contributed by atoms with Gasteiger partial charge in [0, 0.05) is 17.6 Å². The van der Waals surface area contributed by atoms with Gasteiger partial charge in [0.1, 0.15) is 0 Å². The molecule has 3 aromatic rings. The van der Waals surface area contributed by atoms with Crippen LogP contribution < -0.4 is 5.43 Å². The zero-order valence-electron chi connectivity index (χ0n) is 10.9. The third-order valence-electron chi connectivity index (χ3n) is 3.06. The summed E-state index contributed by atoms with van der Waals surface area (Å²) in [6, 6.07) is 15.5. The van der Waals surface area contributed by atoms with E-state index in [9.17, 15) is 0 Å². The Kier molecular flexibility index (Phi) is 3.39. The molecule has 0 atom stereocenters. The number of hydrogen-bond donors (Lipinski definition) is 1. The highest BCUT2D eigenvalue weighted by atomic mass is 35.5. The molecule has 1 heterocycles. The number of hydrogen-bond acceptors (Lipinski definition) is 3. The molecule has 0 amide bonds. The number of hydrazone groups is 1. The Labute approximate surface area is 121 Å². The number of halogens is 1. The lowest BCUT2D eigenvalue weighted by molar-refractivity contribution is 0.943. The largest absolute Gasteiger partial charge is 0.312 e. The van der Waals surface area contributed by atoms with Gasteiger partial charge in [-0.3, -0.25) is 0 Å². The fourth-order valence-corrected chi connectivity index (χ4v) is 2.17. The van der Waals surface area contributed by atoms with Gasteiger partial charge < -0.3 is 4.57 Å². The molecule has 0 aliphatic rings. The molecule has 0 radical (unpaired) electrons. The molecule has 2 aromatic carbocycles. The van der Waals surface area contributed by atoms with Crippen molar-refractivity contribution in [2.75, 3.05) is 5.43 Å². The molecule has 4 nitrogen and oxygen atoms in total. The minimum absolute atomic E-state index is 0.669. The van der Waals surface area contributed by atoms with Gasteiger partial charge in [-0.25, -0.2) is 10.4 Å². The lowest BCUT2D eigenvalue weighted by Crippen LogP contribution is -1.98. The van der Waals surface area contributed by atoms with Crippen molar-refractivity contribution in [2.45, 2.75) is 0 Å². The second-order valence-corrected chi connectivity index (χ2v) is 4.78. The van der Waals surface area contributed by atoms with E-state index in [1.807, 2.05) is 60.1 Å². The van der Waals surface area contributed by atoms with E-state index in [2.05, 4.69) is 15.5 Å². The van der Waals surface area contributed by atoms with Crippen molar-refractivity contribution in [2.24, 2.45) is 12.1 Å². The van der Waals surface area contributed by atoms with E-state index in [4.69, 9.17) is 11.6 Å². The summed E-state index contributed by atoms with van der Waals surface area (Å²) in [5.74, 6) is 0.689. The number of para-hydroxylation sites is 2. The Hall–Kier alpha value is -2.33. The Balaban J connectivity index is 1.84. The van der Waals surface area contributed by atoms with Crippen LogP contribution in [0.1, 0.15) is 5.56 Å². The number of aryl methyl sites for hydroxylation is 1. The number of anilines is 1. The fourth-order valence-electron chi connectivity index (χ4n) is 1.98. The number of imidazole rings is 1. The molecule has 0 bridgehead atoms. The molecule has 0 saturated carbocycles. The van der Waals surface area contributed by atoms with Gasteiger partial charge in [0.2, 0.25) is 5.95 Å². The van der Waals surface area contributed by atoms with Crippen molar-refractivity contribution in [1.29, 1.82) is 0 Å². The van der Waals surface area contributed by atoms with Crippen molar-refractivity contribution in [3.8, 4) is 0 Å². The maximum atomic E-state index is 6.06. The van der Waals surface area contributed by atoms with Crippen LogP contribution in [0, 0.1) is 0 Å². The lowest BCUT2D eigenvalue weighted by Gasteiger charge is -2.01. The number of nitrogens with zero attached hydrogens (tertiary/aromatic N) is 3. The first-order valence-corrected chi connectivity index (χ1v) is 6.58. The van der Waals surface area contributed by atoms with Gasteiger partial charge in [0.05, 0.1) is 17.2 Å². The molecule has 1 N–H and O–H groups in total. The minimum atomic E-state index is 0.669. The SMILES string of the molecule is Cn1c(N/N=C\c2ccccc2Cl)nc2ccccc21. The molecule has 0 spiro atoms. The van der Waals surface area contributed by atoms with Crippen LogP contribution in [0.15, 0.2) is 53.6 Å². The summed E-state index contributed by atoms with van der Waals surface area (Å²) in [4.78, 5) is 4.47. The van der Waals surface area contributed by atoms with E-state index >= 15 is 0 Å². The quantitative estimate of drug-likeness (QED) is 0.589. The number of aromatic nitrogens is 2. The average Bonchev–Trinajstić information content (AvgIpc) is 2.78. The predicted molar refractivity (Wildman–Crippen MR) is 83.4 cm³/mol. The minimum Gasteiger partial charge on any atom is -0.312 e. The van der Waals surface area contributed by atoms with Crippen molar-refractivity contribution >= 4 is 34.8 Å². The second-order valence-electron chi connectivity index (χ2n) is 4.37. The van der Waals surface area contributed by atoms with E-state index in [0.717, 1.165) is 16.6 Å². The molecule has 3 rings (SSSR count). The monoisotopic (exact) mass is 284 g/mol. The highest BCUT2D eigenvalue weighted by Crippen LogP contribution is 2.17. The highest BCUT2D eigenvalue weighted by Gasteiger charge is 2.05. The molecule has 5 heteroatoms. The smallest absolute Gasteiger partial charge is 0.224 e. The summed E-state index contributed by atoms with van der Waals surface area (Å²) in [5, 5.41) is 4.86. The molecule has 20 heavy (non-hydrogen) atoms. The van der Waals surface area contributed by atoms with E-state index in [0.29, 0.717) is 11.0 Å². The van der Waals surface area contributed by atoms with Crippen molar-refractivity contribution < 1.29 is 0 Å². The summed E-state index contributed by atoms with van der Waals surface area (Å²) >= 11 is 6.06. The third kappa shape index (κ3) is 2.38. The van der Waals surface area contributed by atoms with E-state index < -0.39 is 0 Å². The Morgan fingerprint density at radius 1 is 1.15 bits per heavy atom. The number of nitrogens with one attached hydrogen (secondary N) is 1. The third-order valence-corrected chi connectivity index (χ3v) is 3.40. The van der Waals surface area contributed by atoms with Crippen LogP contribution in [0.25, 0.3) is 11.0 Å². The molecule has 0 unspecified atom stereocenters. The van der Waals surface area contributed by atoms with Crippen molar-refractivity contribution in [3.63, 3.8) is 0 Å². The van der Waals surface area contributed by atoms with Gasteiger partial charge in [-0.15, -0.1) is 0 Å². The van der Waals surface area contributed by atoms with Crippen LogP contribution in [-0.4, -0.2) is 15.8 Å². The van der Waals surface area contributed by atoms with Crippen LogP contribution >= 0.6 is 11.6 Å². The molecule has 1 aromatic heterocycles. The van der Waals surface area contributed by atoms with Crippen molar-refractivity contribution in [3.05, 3.63) is 59.1 Å². The standard InChI is InChI=1S/C15H13ClN4/c1-20-14-9-5-4-8-13(14)18-15(20)19-17-10-11-6-2-3-7-12(11)16/h2-10H,1H3,(H,18,19)/b17-10-. The normalized spacial score (nSPS) is 11.3. The Bertz CT molecular complexity index is 776. The maximum Gasteiger partial charge on any atom is 0.224 e. The Morgan fingerprint density at radius 2 is 1.90 bits per heavy atom. The zero-order chi connectivity index (χ0) is 13.9. The predicted octanol–water partition coefficient (Wildman–Crippen LogP) is 3.67. The lowest BCUT2D eigenvalue weighted by atomic mass is 10.2. The van der Waals surface area contributed by atoms with Gasteiger partial charge >= 0.3 is 0 Å². The first-order chi connectivity index (χ1) is 9.75. The number of fused-ring (bicyclic) bond motifs is 1. The van der Waals surface area contributed by atoms with E-state index in [1.54, 1.807) is 6.21 Å². The summed E-state index contributed by atoms with van der Waals surface area (Å²) < 4.78 is 1.96.